The molecule has 3 aromatic rings. The van der Waals surface area contributed by atoms with Gasteiger partial charge in [-0.15, -0.1) is 0 Å². The number of fused-ring (bicyclic) bond motifs is 1. The molecule has 1 amide bonds. The number of hydrogen-bond donors (Lipinski definition) is 0. The quantitative estimate of drug-likeness (QED) is 0.611. The Morgan fingerprint density at radius 1 is 1.10 bits per heavy atom. The van der Waals surface area contributed by atoms with Gasteiger partial charge in [0.25, 0.3) is 17.4 Å². The molecule has 0 saturated carbocycles. The summed E-state index contributed by atoms with van der Waals surface area (Å²) in [7, 11) is 1.60. The standard InChI is InChI=1S/C22H16BrN3O3/c1-25(17-8-6-16(23)7-9-17)21(28)18-12-14-4-2-3-5-19(14)26(22(18)29)20(27)15-10-11-24-13-15/h2-12H,13H2,1H3. The number of nitrogens with zero attached hydrogens (tertiary/aromatic N) is 3. The number of hydrogen-bond acceptors (Lipinski definition) is 4. The molecule has 0 fully saturated rings. The fraction of sp³-hybridized carbons (Fsp3) is 0.0909. The Kier molecular flexibility index (Phi) is 4.98. The molecule has 29 heavy (non-hydrogen) atoms. The van der Waals surface area contributed by atoms with Crippen LogP contribution in [-0.4, -0.2) is 36.2 Å². The van der Waals surface area contributed by atoms with E-state index in [4.69, 9.17) is 0 Å². The molecule has 0 aliphatic carbocycles. The van der Waals surface area contributed by atoms with Crippen molar-refractivity contribution in [2.24, 2.45) is 4.99 Å². The van der Waals surface area contributed by atoms with Crippen molar-refractivity contribution in [1.29, 1.82) is 0 Å². The predicted octanol–water partition coefficient (Wildman–Crippen LogP) is 3.69. The minimum absolute atomic E-state index is 0.0676. The van der Waals surface area contributed by atoms with E-state index in [1.165, 1.54) is 11.1 Å². The number of aromatic nitrogens is 1. The second kappa shape index (κ2) is 7.60. The fourth-order valence-electron chi connectivity index (χ4n) is 3.21. The zero-order chi connectivity index (χ0) is 20.5. The summed E-state index contributed by atoms with van der Waals surface area (Å²) in [5.74, 6) is -0.953. The largest absolute Gasteiger partial charge is 0.311 e. The van der Waals surface area contributed by atoms with E-state index in [0.29, 0.717) is 22.2 Å². The molecule has 0 N–H and O–H groups in total. The van der Waals surface area contributed by atoms with Crippen molar-refractivity contribution >= 4 is 50.5 Å². The number of amides is 1. The van der Waals surface area contributed by atoms with Crippen LogP contribution in [0.15, 0.2) is 80.5 Å². The van der Waals surface area contributed by atoms with Crippen molar-refractivity contribution in [3.05, 3.63) is 86.6 Å². The lowest BCUT2D eigenvalue weighted by atomic mass is 10.1. The Hall–Kier alpha value is -3.32. The molecule has 2 aromatic carbocycles. The van der Waals surface area contributed by atoms with Gasteiger partial charge in [0, 0.05) is 29.0 Å². The number of aliphatic imine (C=N–C) groups is 1. The summed E-state index contributed by atoms with van der Waals surface area (Å²) in [6.45, 7) is 0.219. The van der Waals surface area contributed by atoms with Crippen molar-refractivity contribution in [1.82, 2.24) is 4.57 Å². The Labute approximate surface area is 174 Å². The van der Waals surface area contributed by atoms with Gasteiger partial charge in [-0.05, 0) is 47.9 Å². The highest BCUT2D eigenvalue weighted by molar-refractivity contribution is 9.10. The number of carbonyl (C=O) groups excluding carboxylic acids is 2. The second-order valence-electron chi connectivity index (χ2n) is 6.58. The van der Waals surface area contributed by atoms with Gasteiger partial charge < -0.3 is 4.90 Å². The highest BCUT2D eigenvalue weighted by Gasteiger charge is 2.24. The van der Waals surface area contributed by atoms with Crippen LogP contribution >= 0.6 is 15.9 Å². The van der Waals surface area contributed by atoms with Crippen molar-refractivity contribution in [3.63, 3.8) is 0 Å². The van der Waals surface area contributed by atoms with Gasteiger partial charge in [0.05, 0.1) is 12.1 Å². The van der Waals surface area contributed by atoms with Crippen LogP contribution in [-0.2, 0) is 0 Å². The molecule has 144 valence electrons. The number of para-hydroxylation sites is 1. The molecule has 4 rings (SSSR count). The van der Waals surface area contributed by atoms with Crippen LogP contribution in [0, 0.1) is 0 Å². The lowest BCUT2D eigenvalue weighted by Gasteiger charge is -2.18. The van der Waals surface area contributed by atoms with Gasteiger partial charge in [-0.2, -0.15) is 0 Å². The molecule has 7 heteroatoms. The first-order chi connectivity index (χ1) is 14.0. The van der Waals surface area contributed by atoms with Gasteiger partial charge in [-0.3, -0.25) is 19.4 Å². The average Bonchev–Trinajstić information content (AvgIpc) is 3.27. The Morgan fingerprint density at radius 2 is 1.83 bits per heavy atom. The summed E-state index contributed by atoms with van der Waals surface area (Å²) in [4.78, 5) is 44.8. The highest BCUT2D eigenvalue weighted by Crippen LogP contribution is 2.21. The molecule has 0 saturated heterocycles. The van der Waals surface area contributed by atoms with E-state index in [9.17, 15) is 14.4 Å². The van der Waals surface area contributed by atoms with Gasteiger partial charge in [0.15, 0.2) is 0 Å². The van der Waals surface area contributed by atoms with Crippen molar-refractivity contribution in [2.45, 2.75) is 0 Å². The molecule has 0 bridgehead atoms. The molecule has 1 aliphatic heterocycles. The number of rotatable bonds is 3. The smallest absolute Gasteiger partial charge is 0.270 e. The third-order valence-corrected chi connectivity index (χ3v) is 5.31. The maximum atomic E-state index is 13.2. The first-order valence-electron chi connectivity index (χ1n) is 8.89. The van der Waals surface area contributed by atoms with Gasteiger partial charge >= 0.3 is 0 Å². The summed E-state index contributed by atoms with van der Waals surface area (Å²) in [6.07, 6.45) is 3.13. The summed E-state index contributed by atoms with van der Waals surface area (Å²) < 4.78 is 1.95. The minimum atomic E-state index is -0.643. The maximum absolute atomic E-state index is 13.2. The van der Waals surface area contributed by atoms with Crippen LogP contribution in [0.1, 0.15) is 15.2 Å². The second-order valence-corrected chi connectivity index (χ2v) is 7.50. The monoisotopic (exact) mass is 449 g/mol. The molecular formula is C22H16BrN3O3. The number of halogens is 1. The van der Waals surface area contributed by atoms with E-state index >= 15 is 0 Å². The van der Waals surface area contributed by atoms with Crippen LogP contribution in [0.3, 0.4) is 0 Å². The Balaban J connectivity index is 1.86. The molecule has 1 aliphatic rings. The minimum Gasteiger partial charge on any atom is -0.311 e. The molecule has 1 aromatic heterocycles. The molecule has 0 atom stereocenters. The summed E-state index contributed by atoms with van der Waals surface area (Å²) in [6, 6.07) is 15.7. The van der Waals surface area contributed by atoms with Crippen molar-refractivity contribution < 1.29 is 9.59 Å². The average molecular weight is 450 g/mol. The summed E-state index contributed by atoms with van der Waals surface area (Å²) >= 11 is 3.36. The predicted molar refractivity (Wildman–Crippen MR) is 117 cm³/mol. The van der Waals surface area contributed by atoms with E-state index < -0.39 is 17.4 Å². The van der Waals surface area contributed by atoms with Crippen molar-refractivity contribution in [2.75, 3.05) is 18.5 Å². The molecular weight excluding hydrogens is 434 g/mol. The van der Waals surface area contributed by atoms with Gasteiger partial charge in [0.1, 0.15) is 5.56 Å². The Bertz CT molecular complexity index is 1260. The van der Waals surface area contributed by atoms with Crippen LogP contribution in [0.2, 0.25) is 0 Å². The van der Waals surface area contributed by atoms with E-state index in [-0.39, 0.29) is 12.1 Å². The summed E-state index contributed by atoms with van der Waals surface area (Å²) in [5.41, 5.74) is 0.786. The highest BCUT2D eigenvalue weighted by atomic mass is 79.9. The zero-order valence-corrected chi connectivity index (χ0v) is 17.1. The number of allylic oxidation sites excluding steroid dienone is 1. The number of anilines is 1. The third kappa shape index (κ3) is 3.45. The first kappa shape index (κ1) is 19.0. The molecule has 2 heterocycles. The van der Waals surface area contributed by atoms with E-state index in [1.807, 2.05) is 12.1 Å². The lowest BCUT2D eigenvalue weighted by Crippen LogP contribution is -2.37. The maximum Gasteiger partial charge on any atom is 0.270 e. The van der Waals surface area contributed by atoms with Crippen LogP contribution in [0.4, 0.5) is 5.69 Å². The molecule has 0 radical (unpaired) electrons. The lowest BCUT2D eigenvalue weighted by molar-refractivity contribution is 0.0954. The van der Waals surface area contributed by atoms with Crippen LogP contribution in [0.5, 0.6) is 0 Å². The van der Waals surface area contributed by atoms with Gasteiger partial charge in [-0.1, -0.05) is 34.1 Å². The molecule has 0 spiro atoms. The molecule has 6 nitrogen and oxygen atoms in total. The Morgan fingerprint density at radius 3 is 2.52 bits per heavy atom. The third-order valence-electron chi connectivity index (χ3n) is 4.78. The zero-order valence-electron chi connectivity index (χ0n) is 15.5. The van der Waals surface area contributed by atoms with Gasteiger partial charge in [-0.25, -0.2) is 4.57 Å². The van der Waals surface area contributed by atoms with E-state index in [0.717, 1.165) is 9.04 Å². The van der Waals surface area contributed by atoms with Crippen LogP contribution in [0.25, 0.3) is 10.9 Å². The van der Waals surface area contributed by atoms with E-state index in [2.05, 4.69) is 20.9 Å². The number of pyridine rings is 1. The van der Waals surface area contributed by atoms with Crippen molar-refractivity contribution in [3.8, 4) is 0 Å². The molecule has 0 unspecified atom stereocenters. The topological polar surface area (TPSA) is 71.7 Å². The number of carbonyl (C=O) groups is 2. The first-order valence-corrected chi connectivity index (χ1v) is 9.69. The van der Waals surface area contributed by atoms with Gasteiger partial charge in [0.2, 0.25) is 0 Å². The fourth-order valence-corrected chi connectivity index (χ4v) is 3.47. The number of benzene rings is 2. The summed E-state index contributed by atoms with van der Waals surface area (Å²) in [5, 5.41) is 0.632. The normalized spacial score (nSPS) is 12.8. The van der Waals surface area contributed by atoms with Crippen LogP contribution < -0.4 is 10.5 Å². The van der Waals surface area contributed by atoms with E-state index in [1.54, 1.807) is 55.6 Å². The SMILES string of the molecule is CN(C(=O)c1cc2ccccc2n(C(=O)C2=CC=NC2)c1=O)c1ccc(Br)cc1.